The zero-order valence-electron chi connectivity index (χ0n) is 11.3. The van der Waals surface area contributed by atoms with E-state index in [9.17, 15) is 4.79 Å². The number of rotatable bonds is 3. The molecule has 0 atom stereocenters. The van der Waals surface area contributed by atoms with Crippen LogP contribution in [0.5, 0.6) is 0 Å². The summed E-state index contributed by atoms with van der Waals surface area (Å²) in [5, 5.41) is 0.562. The third-order valence-electron chi connectivity index (χ3n) is 3.22. The molecule has 1 aliphatic rings. The van der Waals surface area contributed by atoms with Crippen LogP contribution in [0.15, 0.2) is 58.7 Å². The summed E-state index contributed by atoms with van der Waals surface area (Å²) < 4.78 is 5.36. The lowest BCUT2D eigenvalue weighted by Crippen LogP contribution is -2.31. The first-order valence-electron chi connectivity index (χ1n) is 6.51. The van der Waals surface area contributed by atoms with Crippen molar-refractivity contribution in [3.63, 3.8) is 0 Å². The molecule has 0 N–H and O–H groups in total. The average molecular weight is 301 g/mol. The van der Waals surface area contributed by atoms with Gasteiger partial charge in [0, 0.05) is 11.6 Å². The summed E-state index contributed by atoms with van der Waals surface area (Å²) in [6.45, 7) is 4.11. The molecular formula is C16H13ClN2O2. The van der Waals surface area contributed by atoms with Crippen molar-refractivity contribution in [1.29, 1.82) is 0 Å². The molecule has 21 heavy (non-hydrogen) atoms. The molecule has 0 fully saturated rings. The van der Waals surface area contributed by atoms with Gasteiger partial charge >= 0.3 is 0 Å². The van der Waals surface area contributed by atoms with Gasteiger partial charge in [-0.05, 0) is 30.3 Å². The third kappa shape index (κ3) is 2.62. The van der Waals surface area contributed by atoms with Gasteiger partial charge in [0.1, 0.15) is 5.76 Å². The third-order valence-corrected chi connectivity index (χ3v) is 3.46. The van der Waals surface area contributed by atoms with E-state index in [2.05, 4.69) is 11.6 Å². The monoisotopic (exact) mass is 300 g/mol. The maximum absolute atomic E-state index is 12.5. The predicted molar refractivity (Wildman–Crippen MR) is 83.5 cm³/mol. The Morgan fingerprint density at radius 1 is 1.43 bits per heavy atom. The van der Waals surface area contributed by atoms with E-state index >= 15 is 0 Å². The Labute approximate surface area is 127 Å². The summed E-state index contributed by atoms with van der Waals surface area (Å²) in [5.41, 5.74) is 1.99. The van der Waals surface area contributed by atoms with Crippen molar-refractivity contribution in [3.05, 3.63) is 60.0 Å². The highest BCUT2D eigenvalue weighted by molar-refractivity contribution is 6.31. The summed E-state index contributed by atoms with van der Waals surface area (Å²) in [4.78, 5) is 18.7. The fourth-order valence-corrected chi connectivity index (χ4v) is 2.45. The number of hydrogen-bond acceptors (Lipinski definition) is 3. The van der Waals surface area contributed by atoms with Gasteiger partial charge in [0.2, 0.25) is 5.91 Å². The Morgan fingerprint density at radius 2 is 2.29 bits per heavy atom. The van der Waals surface area contributed by atoms with Gasteiger partial charge in [-0.3, -0.25) is 4.79 Å². The lowest BCUT2D eigenvalue weighted by Gasteiger charge is -2.20. The highest BCUT2D eigenvalue weighted by Gasteiger charge is 2.25. The van der Waals surface area contributed by atoms with E-state index in [0.29, 0.717) is 34.4 Å². The molecule has 0 radical (unpaired) electrons. The second-order valence-corrected chi connectivity index (χ2v) is 5.08. The van der Waals surface area contributed by atoms with E-state index in [1.54, 1.807) is 47.6 Å². The van der Waals surface area contributed by atoms with Gasteiger partial charge in [-0.25, -0.2) is 4.99 Å². The van der Waals surface area contributed by atoms with E-state index in [-0.39, 0.29) is 12.3 Å². The van der Waals surface area contributed by atoms with Gasteiger partial charge < -0.3 is 9.32 Å². The van der Waals surface area contributed by atoms with Crippen LogP contribution in [-0.4, -0.2) is 18.2 Å². The fraction of sp³-hybridized carbons (Fsp3) is 0.125. The van der Waals surface area contributed by atoms with Crippen LogP contribution in [0.2, 0.25) is 5.02 Å². The van der Waals surface area contributed by atoms with Crippen molar-refractivity contribution in [2.75, 3.05) is 11.4 Å². The van der Waals surface area contributed by atoms with Crippen LogP contribution in [0.3, 0.4) is 0 Å². The first-order chi connectivity index (χ1) is 10.2. The zero-order chi connectivity index (χ0) is 14.8. The molecule has 1 aromatic heterocycles. The Hall–Kier alpha value is -2.33. The Bertz CT molecular complexity index is 720. The number of carbonyl (C=O) groups excluding carboxylic acids is 1. The van der Waals surface area contributed by atoms with Crippen LogP contribution in [-0.2, 0) is 4.79 Å². The molecule has 0 spiro atoms. The number of carbonyl (C=O) groups is 1. The second kappa shape index (κ2) is 5.58. The molecule has 0 aliphatic carbocycles. The number of hydrogen-bond donors (Lipinski definition) is 0. The van der Waals surface area contributed by atoms with Crippen LogP contribution in [0.25, 0.3) is 0 Å². The van der Waals surface area contributed by atoms with E-state index in [0.717, 1.165) is 0 Å². The summed E-state index contributed by atoms with van der Waals surface area (Å²) in [5.74, 6) is 0.538. The van der Waals surface area contributed by atoms with Crippen LogP contribution < -0.4 is 4.90 Å². The van der Waals surface area contributed by atoms with Gasteiger partial charge in [0.15, 0.2) is 0 Å². The molecule has 106 valence electrons. The zero-order valence-corrected chi connectivity index (χ0v) is 12.0. The summed E-state index contributed by atoms with van der Waals surface area (Å²) >= 11 is 6.05. The van der Waals surface area contributed by atoms with Gasteiger partial charge in [-0.15, -0.1) is 6.58 Å². The molecule has 1 aromatic carbocycles. The number of anilines is 1. The molecule has 3 rings (SSSR count). The van der Waals surface area contributed by atoms with Crippen LogP contribution >= 0.6 is 11.6 Å². The average Bonchev–Trinajstić information content (AvgIpc) is 2.96. The Morgan fingerprint density at radius 3 is 3.00 bits per heavy atom. The van der Waals surface area contributed by atoms with Gasteiger partial charge in [0.25, 0.3) is 0 Å². The largest absolute Gasteiger partial charge is 0.463 e. The van der Waals surface area contributed by atoms with E-state index < -0.39 is 0 Å². The van der Waals surface area contributed by atoms with Crippen molar-refractivity contribution < 1.29 is 9.21 Å². The molecule has 0 unspecified atom stereocenters. The van der Waals surface area contributed by atoms with E-state index in [4.69, 9.17) is 16.0 Å². The molecule has 0 saturated carbocycles. The quantitative estimate of drug-likeness (QED) is 0.805. The van der Waals surface area contributed by atoms with Gasteiger partial charge in [0.05, 0.1) is 29.8 Å². The highest BCUT2D eigenvalue weighted by Crippen LogP contribution is 2.35. The molecule has 0 saturated heterocycles. The molecule has 2 heterocycles. The smallest absolute Gasteiger partial charge is 0.233 e. The number of nitrogens with zero attached hydrogens (tertiary/aromatic N) is 2. The molecule has 2 aromatic rings. The fourth-order valence-electron chi connectivity index (χ4n) is 2.28. The van der Waals surface area contributed by atoms with Crippen LogP contribution in [0.4, 0.5) is 11.4 Å². The molecule has 1 aliphatic heterocycles. The lowest BCUT2D eigenvalue weighted by molar-refractivity contribution is -0.117. The van der Waals surface area contributed by atoms with Crippen molar-refractivity contribution in [2.24, 2.45) is 4.99 Å². The molecular weight excluding hydrogens is 288 g/mol. The Kier molecular flexibility index (Phi) is 3.62. The number of aliphatic imine (C=N–C) groups is 1. The molecule has 4 nitrogen and oxygen atoms in total. The maximum Gasteiger partial charge on any atom is 0.233 e. The lowest BCUT2D eigenvalue weighted by atomic mass is 10.2. The molecule has 0 bridgehead atoms. The predicted octanol–water partition coefficient (Wildman–Crippen LogP) is 3.98. The minimum absolute atomic E-state index is 0.0638. The first kappa shape index (κ1) is 13.6. The second-order valence-electron chi connectivity index (χ2n) is 4.64. The first-order valence-corrected chi connectivity index (χ1v) is 6.89. The maximum atomic E-state index is 12.5. The minimum Gasteiger partial charge on any atom is -0.463 e. The van der Waals surface area contributed by atoms with Crippen LogP contribution in [0, 0.1) is 0 Å². The topological polar surface area (TPSA) is 45.8 Å². The summed E-state index contributed by atoms with van der Waals surface area (Å²) in [7, 11) is 0. The Balaban J connectivity index is 2.14. The van der Waals surface area contributed by atoms with Crippen molar-refractivity contribution in [3.8, 4) is 0 Å². The van der Waals surface area contributed by atoms with E-state index in [1.165, 1.54) is 0 Å². The minimum atomic E-state index is -0.0638. The van der Waals surface area contributed by atoms with Crippen LogP contribution in [0.1, 0.15) is 12.2 Å². The molecule has 5 heteroatoms. The van der Waals surface area contributed by atoms with Gasteiger partial charge in [-0.2, -0.15) is 0 Å². The number of furan rings is 1. The number of benzene rings is 1. The van der Waals surface area contributed by atoms with Crippen molar-refractivity contribution >= 4 is 34.6 Å². The number of fused-ring (bicyclic) bond motifs is 1. The molecule has 1 amide bonds. The number of halogens is 1. The standard InChI is InChI=1S/C16H13ClN2O2/c1-2-7-19-14-9-11(17)5-6-12(14)18-13(10-16(19)20)15-4-3-8-21-15/h2-6,8-9H,1,7,10H2. The van der Waals surface area contributed by atoms with Crippen molar-refractivity contribution in [2.45, 2.75) is 6.42 Å². The number of amides is 1. The summed E-state index contributed by atoms with van der Waals surface area (Å²) in [6.07, 6.45) is 3.42. The van der Waals surface area contributed by atoms with Crippen molar-refractivity contribution in [1.82, 2.24) is 0 Å². The van der Waals surface area contributed by atoms with E-state index in [1.807, 2.05) is 0 Å². The normalized spacial score (nSPS) is 14.4. The highest BCUT2D eigenvalue weighted by atomic mass is 35.5. The summed E-state index contributed by atoms with van der Waals surface area (Å²) in [6, 6.07) is 8.87. The SMILES string of the molecule is C=CCN1C(=O)CC(c2ccco2)=Nc2ccc(Cl)cc21. The van der Waals surface area contributed by atoms with Gasteiger partial charge in [-0.1, -0.05) is 17.7 Å².